The fourth-order valence-corrected chi connectivity index (χ4v) is 2.83. The first-order valence-electron chi connectivity index (χ1n) is 7.69. The molecule has 0 spiro atoms. The minimum absolute atomic E-state index is 0.220. The summed E-state index contributed by atoms with van der Waals surface area (Å²) in [5, 5.41) is 15.2. The Kier molecular flexibility index (Phi) is 3.77. The van der Waals surface area contributed by atoms with E-state index in [9.17, 15) is 0 Å². The Hall–Kier alpha value is -3.42. The summed E-state index contributed by atoms with van der Waals surface area (Å²) in [5.74, 6) is 1.99. The zero-order chi connectivity index (χ0) is 17.2. The Morgan fingerprint density at radius 1 is 1.16 bits per heavy atom. The molecular weight excluding hydrogens is 320 g/mol. The molecule has 0 saturated heterocycles. The van der Waals surface area contributed by atoms with Crippen molar-refractivity contribution in [3.05, 3.63) is 59.9 Å². The van der Waals surface area contributed by atoms with Crippen molar-refractivity contribution in [1.29, 1.82) is 0 Å². The van der Waals surface area contributed by atoms with Gasteiger partial charge in [0.2, 0.25) is 5.95 Å². The van der Waals surface area contributed by atoms with Crippen molar-refractivity contribution in [2.45, 2.75) is 6.04 Å². The van der Waals surface area contributed by atoms with Gasteiger partial charge >= 0.3 is 0 Å². The summed E-state index contributed by atoms with van der Waals surface area (Å²) in [4.78, 5) is 4.18. The lowest BCUT2D eigenvalue weighted by Gasteiger charge is -2.24. The number of rotatable bonds is 4. The maximum absolute atomic E-state index is 5.55. The number of fused-ring (bicyclic) bond motifs is 1. The first kappa shape index (κ1) is 15.1. The lowest BCUT2D eigenvalue weighted by Crippen LogP contribution is -2.20. The second kappa shape index (κ2) is 6.23. The number of allylic oxidation sites excluding steroid dienone is 1. The Morgan fingerprint density at radius 2 is 2.08 bits per heavy atom. The van der Waals surface area contributed by atoms with E-state index < -0.39 is 0 Å². The maximum Gasteiger partial charge on any atom is 0.248 e. The van der Waals surface area contributed by atoms with Crippen LogP contribution in [0.1, 0.15) is 17.2 Å². The van der Waals surface area contributed by atoms with Crippen molar-refractivity contribution < 1.29 is 9.47 Å². The third-order valence-corrected chi connectivity index (χ3v) is 4.06. The predicted octanol–water partition coefficient (Wildman–Crippen LogP) is 2.14. The molecule has 0 amide bonds. The monoisotopic (exact) mass is 336 g/mol. The molecule has 0 radical (unpaired) electrons. The summed E-state index contributed by atoms with van der Waals surface area (Å²) in [6.07, 6.45) is 5.58. The minimum atomic E-state index is -0.220. The van der Waals surface area contributed by atoms with Crippen LogP contribution < -0.4 is 14.8 Å². The van der Waals surface area contributed by atoms with Gasteiger partial charge in [-0.15, -0.1) is 0 Å². The summed E-state index contributed by atoms with van der Waals surface area (Å²) in [7, 11) is 3.25. The van der Waals surface area contributed by atoms with Gasteiger partial charge in [-0.2, -0.15) is 4.68 Å². The molecule has 1 atom stereocenters. The zero-order valence-electron chi connectivity index (χ0n) is 13.7. The van der Waals surface area contributed by atoms with Gasteiger partial charge in [0.15, 0.2) is 0 Å². The van der Waals surface area contributed by atoms with E-state index in [0.29, 0.717) is 11.7 Å². The first-order valence-corrected chi connectivity index (χ1v) is 7.69. The van der Waals surface area contributed by atoms with E-state index in [0.717, 1.165) is 22.6 Å². The lowest BCUT2D eigenvalue weighted by molar-refractivity contribution is 0.387. The van der Waals surface area contributed by atoms with Crippen LogP contribution in [-0.2, 0) is 0 Å². The number of nitrogens with zero attached hydrogens (tertiary/aromatic N) is 5. The van der Waals surface area contributed by atoms with Gasteiger partial charge in [0.05, 0.1) is 14.2 Å². The minimum Gasteiger partial charge on any atom is -0.497 e. The summed E-state index contributed by atoms with van der Waals surface area (Å²) >= 11 is 0. The van der Waals surface area contributed by atoms with E-state index in [1.807, 2.05) is 36.4 Å². The molecule has 0 bridgehead atoms. The quantitative estimate of drug-likeness (QED) is 0.781. The van der Waals surface area contributed by atoms with E-state index in [2.05, 4.69) is 25.8 Å². The maximum atomic E-state index is 5.55. The normalized spacial score (nSPS) is 15.8. The van der Waals surface area contributed by atoms with E-state index in [4.69, 9.17) is 9.47 Å². The molecule has 8 nitrogen and oxygen atoms in total. The standard InChI is InChI=1S/C17H16N6O2/c1-24-12-5-6-13(16(8-12)25-2)15-9-14(11-4-3-7-18-10-11)19-17-20-21-22-23(15)17/h3-10,15H,1-2H3,(H,19,20,22)/t15-/m1/s1. The van der Waals surface area contributed by atoms with Crippen LogP contribution in [0.5, 0.6) is 11.5 Å². The number of nitrogens with one attached hydrogen (secondary N) is 1. The predicted molar refractivity (Wildman–Crippen MR) is 91.3 cm³/mol. The number of pyridine rings is 1. The molecule has 0 aliphatic carbocycles. The summed E-state index contributed by atoms with van der Waals surface area (Å²) in [5.41, 5.74) is 2.77. The van der Waals surface area contributed by atoms with Gasteiger partial charge in [-0.1, -0.05) is 5.10 Å². The summed E-state index contributed by atoms with van der Waals surface area (Å²) in [6.45, 7) is 0. The highest BCUT2D eigenvalue weighted by atomic mass is 16.5. The van der Waals surface area contributed by atoms with Crippen molar-refractivity contribution in [2.75, 3.05) is 19.5 Å². The highest BCUT2D eigenvalue weighted by Gasteiger charge is 2.26. The van der Waals surface area contributed by atoms with Crippen molar-refractivity contribution in [2.24, 2.45) is 0 Å². The molecule has 4 rings (SSSR count). The first-order chi connectivity index (χ1) is 12.3. The Bertz CT molecular complexity index is 922. The fourth-order valence-electron chi connectivity index (χ4n) is 2.83. The van der Waals surface area contributed by atoms with E-state index in [-0.39, 0.29) is 6.04 Å². The number of aromatic nitrogens is 5. The largest absolute Gasteiger partial charge is 0.497 e. The number of tetrazole rings is 1. The van der Waals surface area contributed by atoms with Gasteiger partial charge in [0.1, 0.15) is 17.5 Å². The third kappa shape index (κ3) is 2.67. The molecule has 0 saturated carbocycles. The van der Waals surface area contributed by atoms with Crippen molar-refractivity contribution in [3.8, 4) is 11.5 Å². The van der Waals surface area contributed by atoms with Crippen LogP contribution in [0.3, 0.4) is 0 Å². The zero-order valence-corrected chi connectivity index (χ0v) is 13.7. The van der Waals surface area contributed by atoms with Gasteiger partial charge in [-0.3, -0.25) is 4.98 Å². The molecule has 3 aromatic rings. The SMILES string of the molecule is COc1ccc([C@H]2C=C(c3cccnc3)Nc3nnnn32)c(OC)c1. The van der Waals surface area contributed by atoms with Crippen LogP contribution in [0.25, 0.3) is 5.70 Å². The molecule has 1 N–H and O–H groups in total. The van der Waals surface area contributed by atoms with E-state index in [1.54, 1.807) is 31.3 Å². The molecule has 25 heavy (non-hydrogen) atoms. The van der Waals surface area contributed by atoms with Gasteiger partial charge < -0.3 is 14.8 Å². The van der Waals surface area contributed by atoms with Gasteiger partial charge in [-0.05, 0) is 40.8 Å². The molecule has 1 aliphatic heterocycles. The van der Waals surface area contributed by atoms with Crippen LogP contribution in [0.15, 0.2) is 48.8 Å². The average molecular weight is 336 g/mol. The molecule has 0 unspecified atom stereocenters. The third-order valence-electron chi connectivity index (χ3n) is 4.06. The molecule has 1 aromatic carbocycles. The van der Waals surface area contributed by atoms with Crippen LogP contribution in [0, 0.1) is 0 Å². The molecular formula is C17H16N6O2. The van der Waals surface area contributed by atoms with Crippen molar-refractivity contribution in [3.63, 3.8) is 0 Å². The van der Waals surface area contributed by atoms with Gasteiger partial charge in [0.25, 0.3) is 0 Å². The topological polar surface area (TPSA) is 87.0 Å². The van der Waals surface area contributed by atoms with E-state index >= 15 is 0 Å². The Balaban J connectivity index is 1.84. The Labute approximate surface area is 144 Å². The fraction of sp³-hybridized carbons (Fsp3) is 0.176. The number of anilines is 1. The van der Waals surface area contributed by atoms with Crippen LogP contribution in [0.2, 0.25) is 0 Å². The van der Waals surface area contributed by atoms with Crippen LogP contribution >= 0.6 is 0 Å². The lowest BCUT2D eigenvalue weighted by atomic mass is 10.0. The average Bonchev–Trinajstić information content (AvgIpc) is 3.16. The number of ether oxygens (including phenoxy) is 2. The molecule has 1 aliphatic rings. The number of benzene rings is 1. The smallest absolute Gasteiger partial charge is 0.248 e. The van der Waals surface area contributed by atoms with Gasteiger partial charge in [-0.25, -0.2) is 0 Å². The van der Waals surface area contributed by atoms with Gasteiger partial charge in [0, 0.05) is 35.3 Å². The number of hydrogen-bond acceptors (Lipinski definition) is 7. The number of methoxy groups -OCH3 is 2. The highest BCUT2D eigenvalue weighted by Crippen LogP contribution is 2.37. The molecule has 8 heteroatoms. The molecule has 2 aromatic heterocycles. The Morgan fingerprint density at radius 3 is 2.84 bits per heavy atom. The van der Waals surface area contributed by atoms with Crippen molar-refractivity contribution >= 4 is 11.6 Å². The second-order valence-corrected chi connectivity index (χ2v) is 5.45. The van der Waals surface area contributed by atoms with Crippen LogP contribution in [-0.4, -0.2) is 39.4 Å². The number of hydrogen-bond donors (Lipinski definition) is 1. The highest BCUT2D eigenvalue weighted by molar-refractivity contribution is 5.76. The molecule has 126 valence electrons. The summed E-state index contributed by atoms with van der Waals surface area (Å²) in [6, 6.07) is 9.34. The molecule has 0 fully saturated rings. The van der Waals surface area contributed by atoms with Crippen molar-refractivity contribution in [1.82, 2.24) is 25.2 Å². The second-order valence-electron chi connectivity index (χ2n) is 5.45. The molecule has 3 heterocycles. The van der Waals surface area contributed by atoms with E-state index in [1.165, 1.54) is 0 Å². The summed E-state index contributed by atoms with van der Waals surface area (Å²) < 4.78 is 12.5. The van der Waals surface area contributed by atoms with Crippen LogP contribution in [0.4, 0.5) is 5.95 Å².